The Morgan fingerprint density at radius 3 is 2.19 bits per heavy atom. The third kappa shape index (κ3) is 4.93. The first-order valence-electron chi connectivity index (χ1n) is 11.2. The van der Waals surface area contributed by atoms with E-state index in [-0.39, 0.29) is 17.2 Å². The van der Waals surface area contributed by atoms with E-state index < -0.39 is 5.92 Å². The Labute approximate surface area is 210 Å². The zero-order chi connectivity index (χ0) is 25.9. The van der Waals surface area contributed by atoms with Crippen LogP contribution >= 0.6 is 0 Å². The molecule has 1 aliphatic rings. The predicted octanol–water partition coefficient (Wildman–Crippen LogP) is 3.31. The number of tetrazole rings is 1. The van der Waals surface area contributed by atoms with Crippen LogP contribution in [-0.2, 0) is 0 Å². The summed E-state index contributed by atoms with van der Waals surface area (Å²) in [6.07, 6.45) is 3.31. The van der Waals surface area contributed by atoms with Gasteiger partial charge >= 0.3 is 5.84 Å². The lowest BCUT2D eigenvalue weighted by Crippen LogP contribution is -2.10. The van der Waals surface area contributed by atoms with Gasteiger partial charge in [-0.25, -0.2) is 0 Å². The maximum Gasteiger partial charge on any atom is 0.304 e. The zero-order valence-corrected chi connectivity index (χ0v) is 19.9. The minimum Gasteiger partial charge on any atom is -0.508 e. The van der Waals surface area contributed by atoms with Gasteiger partial charge < -0.3 is 15.3 Å². The first kappa shape index (κ1) is 23.5. The van der Waals surface area contributed by atoms with Crippen LogP contribution in [-0.4, -0.2) is 58.6 Å². The molecule has 2 heterocycles. The molecule has 0 aliphatic carbocycles. The number of rotatable bonds is 6. The lowest BCUT2D eigenvalue weighted by Gasteiger charge is -2.22. The molecule has 0 saturated carbocycles. The van der Waals surface area contributed by atoms with Gasteiger partial charge in [0, 0.05) is 29.5 Å². The maximum absolute atomic E-state index is 10.9. The molecule has 1 aromatic heterocycles. The van der Waals surface area contributed by atoms with Crippen LogP contribution in [0.4, 0.5) is 0 Å². The van der Waals surface area contributed by atoms with Crippen molar-refractivity contribution in [2.75, 3.05) is 0 Å². The van der Waals surface area contributed by atoms with Crippen LogP contribution in [0, 0.1) is 6.92 Å². The Morgan fingerprint density at radius 1 is 0.892 bits per heavy atom. The first-order valence-corrected chi connectivity index (χ1v) is 11.2. The second-order valence-electron chi connectivity index (χ2n) is 8.32. The molecule has 0 saturated heterocycles. The molecule has 12 heteroatoms. The molecule has 12 nitrogen and oxygen atoms in total. The molecule has 0 radical (unpaired) electrons. The summed E-state index contributed by atoms with van der Waals surface area (Å²) in [6.45, 7) is 3.50. The number of aromatic hydroxyl groups is 3. The monoisotopic (exact) mass is 496 g/mol. The maximum atomic E-state index is 10.9. The number of aryl methyl sites for hydroxylation is 1. The summed E-state index contributed by atoms with van der Waals surface area (Å²) in [4.78, 5) is 1.29. The van der Waals surface area contributed by atoms with Crippen LogP contribution in [0.25, 0.3) is 0 Å². The highest BCUT2D eigenvalue weighted by Crippen LogP contribution is 2.41. The molecule has 1 aliphatic heterocycles. The van der Waals surface area contributed by atoms with E-state index in [1.807, 2.05) is 0 Å². The fourth-order valence-corrected chi connectivity index (χ4v) is 3.92. The van der Waals surface area contributed by atoms with Gasteiger partial charge in [-0.15, -0.1) is 14.6 Å². The van der Waals surface area contributed by atoms with E-state index in [2.05, 4.69) is 36.2 Å². The Morgan fingerprint density at radius 2 is 1.57 bits per heavy atom. The van der Waals surface area contributed by atoms with Crippen molar-refractivity contribution in [2.45, 2.75) is 19.8 Å². The molecule has 3 N–H and O–H groups in total. The summed E-state index contributed by atoms with van der Waals surface area (Å²) >= 11 is 0. The van der Waals surface area contributed by atoms with Gasteiger partial charge in [0.1, 0.15) is 33.8 Å². The van der Waals surface area contributed by atoms with Crippen LogP contribution in [0.15, 0.2) is 81.3 Å². The molecule has 0 spiro atoms. The third-order valence-corrected chi connectivity index (χ3v) is 5.80. The topological polar surface area (TPSA) is 157 Å². The molecule has 1 unspecified atom stereocenters. The smallest absolute Gasteiger partial charge is 0.304 e. The van der Waals surface area contributed by atoms with Crippen LogP contribution in [0.1, 0.15) is 46.5 Å². The van der Waals surface area contributed by atoms with E-state index in [0.29, 0.717) is 28.4 Å². The summed E-state index contributed by atoms with van der Waals surface area (Å²) in [5, 5.41) is 58.7. The number of phenolic OH excluding ortho intramolecular Hbond substituents is 3. The Hall–Kier alpha value is -5.26. The van der Waals surface area contributed by atoms with E-state index in [1.54, 1.807) is 86.9 Å². The lowest BCUT2D eigenvalue weighted by atomic mass is 9.83. The van der Waals surface area contributed by atoms with E-state index in [0.717, 1.165) is 11.1 Å². The fraction of sp³-hybridized carbons (Fsp3) is 0.120. The van der Waals surface area contributed by atoms with Gasteiger partial charge in [0.15, 0.2) is 5.82 Å². The Bertz CT molecular complexity index is 1590. The number of nitrogens with zero attached hydrogens (tertiary/aromatic N) is 9. The van der Waals surface area contributed by atoms with Gasteiger partial charge in [-0.1, -0.05) is 12.1 Å². The normalized spacial score (nSPS) is 15.0. The van der Waals surface area contributed by atoms with E-state index in [4.69, 9.17) is 0 Å². The van der Waals surface area contributed by atoms with Crippen LogP contribution in [0.3, 0.4) is 0 Å². The summed E-state index contributed by atoms with van der Waals surface area (Å²) in [7, 11) is 0. The van der Waals surface area contributed by atoms with E-state index >= 15 is 0 Å². The number of amidine groups is 1. The predicted molar refractivity (Wildman–Crippen MR) is 134 cm³/mol. The summed E-state index contributed by atoms with van der Waals surface area (Å²) < 4.78 is 1.53. The first-order chi connectivity index (χ1) is 17.9. The number of aromatic nitrogens is 4. The van der Waals surface area contributed by atoms with Gasteiger partial charge in [0.05, 0.1) is 6.21 Å². The van der Waals surface area contributed by atoms with Crippen molar-refractivity contribution in [1.82, 2.24) is 20.3 Å². The number of phenols is 3. The quantitative estimate of drug-likeness (QED) is 0.211. The fourth-order valence-electron chi connectivity index (χ4n) is 3.92. The van der Waals surface area contributed by atoms with Crippen LogP contribution < -0.4 is 0 Å². The molecule has 0 bridgehead atoms. The lowest BCUT2D eigenvalue weighted by molar-refractivity contribution is -0.410. The van der Waals surface area contributed by atoms with Crippen LogP contribution in [0.2, 0.25) is 0 Å². The highest BCUT2D eigenvalue weighted by atomic mass is 16.3. The van der Waals surface area contributed by atoms with Crippen molar-refractivity contribution in [3.05, 3.63) is 94.3 Å². The molecule has 3 aromatic carbocycles. The minimum absolute atomic E-state index is 0.0268. The molecule has 1 atom stereocenters. The van der Waals surface area contributed by atoms with Crippen molar-refractivity contribution in [3.63, 3.8) is 0 Å². The van der Waals surface area contributed by atoms with Crippen molar-refractivity contribution in [2.24, 2.45) is 20.6 Å². The Balaban J connectivity index is 1.63. The molecule has 4 aromatic rings. The van der Waals surface area contributed by atoms with Gasteiger partial charge in [0.2, 0.25) is 5.22 Å². The average Bonchev–Trinajstić information content (AvgIpc) is 3.49. The van der Waals surface area contributed by atoms with Crippen molar-refractivity contribution >= 4 is 18.3 Å². The molecule has 184 valence electrons. The van der Waals surface area contributed by atoms with Gasteiger partial charge in [-0.2, -0.15) is 5.10 Å². The van der Waals surface area contributed by atoms with Gasteiger partial charge in [0.25, 0.3) is 0 Å². The summed E-state index contributed by atoms with van der Waals surface area (Å²) in [5.74, 6) is 0.697. The number of benzene rings is 3. The van der Waals surface area contributed by atoms with Crippen molar-refractivity contribution in [1.29, 1.82) is 0 Å². The molecular weight excluding hydrogens is 474 g/mol. The largest absolute Gasteiger partial charge is 0.508 e. The van der Waals surface area contributed by atoms with Crippen molar-refractivity contribution < 1.29 is 20.0 Å². The summed E-state index contributed by atoms with van der Waals surface area (Å²) in [6, 6.07) is 16.8. The highest BCUT2D eigenvalue weighted by Gasteiger charge is 2.24. The standard InChI is InChI=1S/C25H21N9O3/c1-15-27-29-31-33(15)14-18-4-10-24(37)22(12-18)25(19-5-7-20(35)8-6-19)21-11-17(3-9-23(21)36)13-26-34-16(2)28-30-32-34/h3-14,25H,1-2H3,(H2,26,35,36)/p+1. The summed E-state index contributed by atoms with van der Waals surface area (Å²) in [5.41, 5.74) is 3.21. The average molecular weight is 497 g/mol. The van der Waals surface area contributed by atoms with Gasteiger partial charge in [-0.05, 0) is 77.0 Å². The third-order valence-electron chi connectivity index (χ3n) is 5.80. The number of hydrogen-bond acceptors (Lipinski definition) is 10. The molecule has 0 amide bonds. The van der Waals surface area contributed by atoms with Crippen molar-refractivity contribution in [3.8, 4) is 17.2 Å². The number of hydrogen-bond donors (Lipinski definition) is 3. The van der Waals surface area contributed by atoms with E-state index in [1.165, 1.54) is 9.48 Å². The second-order valence-corrected chi connectivity index (χ2v) is 8.32. The molecule has 0 fully saturated rings. The minimum atomic E-state index is -0.591. The van der Waals surface area contributed by atoms with Crippen LogP contribution in [0.5, 0.6) is 17.2 Å². The highest BCUT2D eigenvalue weighted by molar-refractivity contribution is 5.84. The molecule has 5 rings (SSSR count). The SMILES string of the molecule is CC1=NN=N[N+]1=Cc1ccc(O)c(C(c2ccc(O)cc2)c2cc(/C=N/n3nnnc3C)ccc2O)c1. The second kappa shape index (κ2) is 9.77. The van der Waals surface area contributed by atoms with E-state index in [9.17, 15) is 15.3 Å². The zero-order valence-electron chi connectivity index (χ0n) is 19.9. The van der Waals surface area contributed by atoms with Gasteiger partial charge in [-0.3, -0.25) is 0 Å². The Kier molecular flexibility index (Phi) is 6.20. The molecular formula is C25H22N9O3+. The molecule has 37 heavy (non-hydrogen) atoms.